The number of aliphatic hydroxyl groups is 1. The molecule has 0 saturated carbocycles. The van der Waals surface area contributed by atoms with Crippen molar-refractivity contribution in [3.05, 3.63) is 29.8 Å². The lowest BCUT2D eigenvalue weighted by atomic mass is 10.1. The second-order valence-corrected chi connectivity index (χ2v) is 3.30. The van der Waals surface area contributed by atoms with E-state index >= 15 is 0 Å². The van der Waals surface area contributed by atoms with E-state index in [1.165, 1.54) is 0 Å². The van der Waals surface area contributed by atoms with Gasteiger partial charge in [-0.25, -0.2) is 0 Å². The second kappa shape index (κ2) is 6.05. The molecule has 1 aromatic rings. The van der Waals surface area contributed by atoms with Gasteiger partial charge in [-0.2, -0.15) is 5.26 Å². The number of ether oxygens (including phenoxy) is 1. The molecular weight excluding hydrogens is 190 g/mol. The molecule has 1 N–H and O–H groups in total. The van der Waals surface area contributed by atoms with Crippen LogP contribution in [0.1, 0.15) is 18.9 Å². The van der Waals surface area contributed by atoms with E-state index in [1.807, 2.05) is 37.3 Å². The van der Waals surface area contributed by atoms with Gasteiger partial charge in [0.2, 0.25) is 0 Å². The van der Waals surface area contributed by atoms with Crippen molar-refractivity contribution >= 4 is 0 Å². The summed E-state index contributed by atoms with van der Waals surface area (Å²) in [5, 5.41) is 17.8. The molecular formula is C12H15NO2. The lowest BCUT2D eigenvalue weighted by Gasteiger charge is -2.07. The molecule has 0 aliphatic carbocycles. The molecule has 1 aromatic carbocycles. The van der Waals surface area contributed by atoms with Crippen LogP contribution in [0.15, 0.2) is 24.3 Å². The van der Waals surface area contributed by atoms with Crippen LogP contribution in [0, 0.1) is 11.3 Å². The van der Waals surface area contributed by atoms with E-state index in [9.17, 15) is 5.11 Å². The van der Waals surface area contributed by atoms with Crippen LogP contribution in [0.5, 0.6) is 5.75 Å². The summed E-state index contributed by atoms with van der Waals surface area (Å²) in [6.45, 7) is 2.58. The van der Waals surface area contributed by atoms with Crippen molar-refractivity contribution in [2.45, 2.75) is 25.9 Å². The largest absolute Gasteiger partial charge is 0.494 e. The normalized spacial score (nSPS) is 11.8. The van der Waals surface area contributed by atoms with Crippen molar-refractivity contribution in [2.24, 2.45) is 0 Å². The SMILES string of the molecule is CCOc1ccc(CC(O)CC#N)cc1. The summed E-state index contributed by atoms with van der Waals surface area (Å²) in [6, 6.07) is 9.51. The van der Waals surface area contributed by atoms with Gasteiger partial charge in [0.25, 0.3) is 0 Å². The molecule has 0 aliphatic rings. The smallest absolute Gasteiger partial charge is 0.119 e. The van der Waals surface area contributed by atoms with Crippen molar-refractivity contribution in [2.75, 3.05) is 6.61 Å². The topological polar surface area (TPSA) is 53.2 Å². The van der Waals surface area contributed by atoms with Gasteiger partial charge in [-0.1, -0.05) is 12.1 Å². The number of nitrogens with zero attached hydrogens (tertiary/aromatic N) is 1. The van der Waals surface area contributed by atoms with Gasteiger partial charge in [-0.05, 0) is 31.0 Å². The van der Waals surface area contributed by atoms with Crippen molar-refractivity contribution in [3.8, 4) is 11.8 Å². The molecule has 0 bridgehead atoms. The summed E-state index contributed by atoms with van der Waals surface area (Å²) >= 11 is 0. The molecule has 0 aromatic heterocycles. The molecule has 15 heavy (non-hydrogen) atoms. The zero-order valence-electron chi connectivity index (χ0n) is 8.81. The summed E-state index contributed by atoms with van der Waals surface area (Å²) in [5.41, 5.74) is 1.02. The minimum absolute atomic E-state index is 0.174. The van der Waals surface area contributed by atoms with E-state index in [2.05, 4.69) is 0 Å². The highest BCUT2D eigenvalue weighted by Gasteiger charge is 2.04. The molecule has 80 valence electrons. The van der Waals surface area contributed by atoms with Crippen LogP contribution in [-0.2, 0) is 6.42 Å². The lowest BCUT2D eigenvalue weighted by Crippen LogP contribution is -2.08. The fraction of sp³-hybridized carbons (Fsp3) is 0.417. The highest BCUT2D eigenvalue weighted by atomic mass is 16.5. The molecule has 0 saturated heterocycles. The van der Waals surface area contributed by atoms with E-state index in [-0.39, 0.29) is 6.42 Å². The van der Waals surface area contributed by atoms with Gasteiger partial charge in [-0.3, -0.25) is 0 Å². The Balaban J connectivity index is 2.53. The summed E-state index contributed by atoms with van der Waals surface area (Å²) < 4.78 is 5.30. The third-order valence-electron chi connectivity index (χ3n) is 2.03. The number of rotatable bonds is 5. The Bertz CT molecular complexity index is 326. The average Bonchev–Trinajstić information content (AvgIpc) is 2.22. The monoisotopic (exact) mass is 205 g/mol. The molecule has 0 radical (unpaired) electrons. The van der Waals surface area contributed by atoms with Crippen LogP contribution < -0.4 is 4.74 Å². The number of hydrogen-bond acceptors (Lipinski definition) is 3. The van der Waals surface area contributed by atoms with Gasteiger partial charge in [-0.15, -0.1) is 0 Å². The van der Waals surface area contributed by atoms with Gasteiger partial charge in [0, 0.05) is 0 Å². The molecule has 0 amide bonds. The average molecular weight is 205 g/mol. The first-order valence-corrected chi connectivity index (χ1v) is 5.03. The molecule has 0 fully saturated rings. The maximum absolute atomic E-state index is 9.42. The van der Waals surface area contributed by atoms with E-state index in [0.717, 1.165) is 11.3 Å². The van der Waals surface area contributed by atoms with Gasteiger partial charge < -0.3 is 9.84 Å². The predicted molar refractivity (Wildman–Crippen MR) is 57.6 cm³/mol. The first-order chi connectivity index (χ1) is 7.26. The summed E-state index contributed by atoms with van der Waals surface area (Å²) in [4.78, 5) is 0. The Morgan fingerprint density at radius 3 is 2.60 bits per heavy atom. The van der Waals surface area contributed by atoms with Crippen molar-refractivity contribution in [1.82, 2.24) is 0 Å². The number of aliphatic hydroxyl groups excluding tert-OH is 1. The first kappa shape index (κ1) is 11.5. The van der Waals surface area contributed by atoms with Crippen molar-refractivity contribution in [1.29, 1.82) is 5.26 Å². The zero-order chi connectivity index (χ0) is 11.1. The standard InChI is InChI=1S/C12H15NO2/c1-2-15-12-5-3-10(4-6-12)9-11(14)7-8-13/h3-6,11,14H,2,7,9H2,1H3. The molecule has 1 atom stereocenters. The molecule has 0 heterocycles. The Hall–Kier alpha value is -1.53. The number of nitriles is 1. The van der Waals surface area contributed by atoms with E-state index in [4.69, 9.17) is 10.00 Å². The third kappa shape index (κ3) is 4.01. The Kier molecular flexibility index (Phi) is 4.65. The van der Waals surface area contributed by atoms with Crippen molar-refractivity contribution in [3.63, 3.8) is 0 Å². The molecule has 1 rings (SSSR count). The summed E-state index contributed by atoms with van der Waals surface area (Å²) in [7, 11) is 0. The maximum atomic E-state index is 9.42. The second-order valence-electron chi connectivity index (χ2n) is 3.30. The quantitative estimate of drug-likeness (QED) is 0.798. The summed E-state index contributed by atoms with van der Waals surface area (Å²) in [5.74, 6) is 0.830. The fourth-order valence-electron chi connectivity index (χ4n) is 1.34. The molecule has 3 nitrogen and oxygen atoms in total. The first-order valence-electron chi connectivity index (χ1n) is 5.03. The van der Waals surface area contributed by atoms with Gasteiger partial charge >= 0.3 is 0 Å². The highest BCUT2D eigenvalue weighted by molar-refractivity contribution is 5.27. The molecule has 1 unspecified atom stereocenters. The van der Waals surface area contributed by atoms with E-state index in [0.29, 0.717) is 13.0 Å². The van der Waals surface area contributed by atoms with Gasteiger partial charge in [0.1, 0.15) is 5.75 Å². The zero-order valence-corrected chi connectivity index (χ0v) is 8.81. The van der Waals surface area contributed by atoms with Crippen LogP contribution in [0.2, 0.25) is 0 Å². The Labute approximate surface area is 89.9 Å². The van der Waals surface area contributed by atoms with Crippen LogP contribution >= 0.6 is 0 Å². The van der Waals surface area contributed by atoms with E-state index in [1.54, 1.807) is 0 Å². The van der Waals surface area contributed by atoms with Crippen LogP contribution in [0.3, 0.4) is 0 Å². The lowest BCUT2D eigenvalue weighted by molar-refractivity contribution is 0.180. The predicted octanol–water partition coefficient (Wildman–Crippen LogP) is 1.90. The molecule has 0 aliphatic heterocycles. The fourth-order valence-corrected chi connectivity index (χ4v) is 1.34. The minimum Gasteiger partial charge on any atom is -0.494 e. The van der Waals surface area contributed by atoms with E-state index < -0.39 is 6.10 Å². The Morgan fingerprint density at radius 1 is 1.40 bits per heavy atom. The van der Waals surface area contributed by atoms with Crippen molar-refractivity contribution < 1.29 is 9.84 Å². The Morgan fingerprint density at radius 2 is 2.07 bits per heavy atom. The minimum atomic E-state index is -0.576. The highest BCUT2D eigenvalue weighted by Crippen LogP contribution is 2.13. The molecule has 3 heteroatoms. The third-order valence-corrected chi connectivity index (χ3v) is 2.03. The van der Waals surface area contributed by atoms with Crippen LogP contribution in [0.4, 0.5) is 0 Å². The molecule has 0 spiro atoms. The number of benzene rings is 1. The maximum Gasteiger partial charge on any atom is 0.119 e. The van der Waals surface area contributed by atoms with Gasteiger partial charge in [0.05, 0.1) is 25.2 Å². The van der Waals surface area contributed by atoms with Crippen LogP contribution in [-0.4, -0.2) is 17.8 Å². The number of hydrogen-bond donors (Lipinski definition) is 1. The van der Waals surface area contributed by atoms with Gasteiger partial charge in [0.15, 0.2) is 0 Å². The summed E-state index contributed by atoms with van der Waals surface area (Å²) in [6.07, 6.45) is 0.112. The van der Waals surface area contributed by atoms with Crippen LogP contribution in [0.25, 0.3) is 0 Å².